The number of esters is 1. The molecule has 1 heterocycles. The molecule has 1 saturated carbocycles. The molecule has 3 atom stereocenters. The molecule has 7 nitrogen and oxygen atoms in total. The number of hydrogen-bond donors (Lipinski definition) is 1. The Morgan fingerprint density at radius 3 is 2.60 bits per heavy atom. The minimum Gasteiger partial charge on any atom is -0.453 e. The second-order valence-corrected chi connectivity index (χ2v) is 8.42. The van der Waals surface area contributed by atoms with Gasteiger partial charge in [-0.15, -0.1) is 0 Å². The summed E-state index contributed by atoms with van der Waals surface area (Å²) < 4.78 is 5.25. The number of fused-ring (bicyclic) bond motifs is 1. The van der Waals surface area contributed by atoms with E-state index in [1.165, 1.54) is 6.42 Å². The molecule has 3 rings (SSSR count). The second-order valence-electron chi connectivity index (χ2n) is 8.42. The molecule has 1 aliphatic heterocycles. The standard InChI is InChI=1S/C23H30N2O5/c1-14-10-11-17-18(13-14)23(29)25(22(17)28)12-6-9-20(26)30-16(3)21(27)24-19-8-5-4-7-15(19)2/h10-11,13,15-16,19H,4-9,12H2,1-3H3,(H,24,27). The highest BCUT2D eigenvalue weighted by Crippen LogP contribution is 2.25. The Labute approximate surface area is 177 Å². The first-order valence-electron chi connectivity index (χ1n) is 10.7. The van der Waals surface area contributed by atoms with E-state index in [0.717, 1.165) is 29.7 Å². The Morgan fingerprint density at radius 2 is 1.87 bits per heavy atom. The van der Waals surface area contributed by atoms with Crippen LogP contribution in [0.3, 0.4) is 0 Å². The van der Waals surface area contributed by atoms with E-state index in [1.807, 2.05) is 6.92 Å². The highest BCUT2D eigenvalue weighted by Gasteiger charge is 2.35. The summed E-state index contributed by atoms with van der Waals surface area (Å²) >= 11 is 0. The Bertz CT molecular complexity index is 850. The van der Waals surface area contributed by atoms with Gasteiger partial charge in [-0.3, -0.25) is 24.1 Å². The van der Waals surface area contributed by atoms with Crippen molar-refractivity contribution < 1.29 is 23.9 Å². The third kappa shape index (κ3) is 4.89. The third-order valence-electron chi connectivity index (χ3n) is 6.01. The molecular weight excluding hydrogens is 384 g/mol. The highest BCUT2D eigenvalue weighted by atomic mass is 16.5. The maximum Gasteiger partial charge on any atom is 0.306 e. The summed E-state index contributed by atoms with van der Waals surface area (Å²) in [7, 11) is 0. The molecule has 1 fully saturated rings. The van der Waals surface area contributed by atoms with Crippen LogP contribution in [-0.2, 0) is 14.3 Å². The van der Waals surface area contributed by atoms with Crippen LogP contribution in [0.15, 0.2) is 18.2 Å². The summed E-state index contributed by atoms with van der Waals surface area (Å²) in [4.78, 5) is 50.5. The Balaban J connectivity index is 1.43. The zero-order chi connectivity index (χ0) is 21.8. The molecule has 1 N–H and O–H groups in total. The Hall–Kier alpha value is -2.70. The number of nitrogens with zero attached hydrogens (tertiary/aromatic N) is 1. The molecule has 3 unspecified atom stereocenters. The van der Waals surface area contributed by atoms with Gasteiger partial charge >= 0.3 is 5.97 Å². The number of carbonyl (C=O) groups excluding carboxylic acids is 4. The lowest BCUT2D eigenvalue weighted by Crippen LogP contribution is -2.46. The normalized spacial score (nSPS) is 21.9. The monoisotopic (exact) mass is 414 g/mol. The number of nitrogens with one attached hydrogen (secondary N) is 1. The largest absolute Gasteiger partial charge is 0.453 e. The fraction of sp³-hybridized carbons (Fsp3) is 0.565. The Morgan fingerprint density at radius 1 is 1.17 bits per heavy atom. The number of hydrogen-bond acceptors (Lipinski definition) is 5. The molecular formula is C23H30N2O5. The number of ether oxygens (including phenoxy) is 1. The van der Waals surface area contributed by atoms with Gasteiger partial charge in [-0.05, 0) is 51.2 Å². The van der Waals surface area contributed by atoms with E-state index in [0.29, 0.717) is 17.0 Å². The number of aryl methyl sites for hydroxylation is 1. The van der Waals surface area contributed by atoms with Crippen LogP contribution in [0.2, 0.25) is 0 Å². The van der Waals surface area contributed by atoms with Crippen molar-refractivity contribution in [1.29, 1.82) is 0 Å². The first-order chi connectivity index (χ1) is 14.3. The van der Waals surface area contributed by atoms with Gasteiger partial charge in [-0.1, -0.05) is 31.4 Å². The molecule has 7 heteroatoms. The van der Waals surface area contributed by atoms with Crippen molar-refractivity contribution in [3.8, 4) is 0 Å². The van der Waals surface area contributed by atoms with Gasteiger partial charge in [-0.2, -0.15) is 0 Å². The molecule has 0 aromatic heterocycles. The van der Waals surface area contributed by atoms with Crippen molar-refractivity contribution >= 4 is 23.7 Å². The smallest absolute Gasteiger partial charge is 0.306 e. The summed E-state index contributed by atoms with van der Waals surface area (Å²) in [5.74, 6) is -1.03. The van der Waals surface area contributed by atoms with Gasteiger partial charge in [0.15, 0.2) is 6.10 Å². The first kappa shape index (κ1) is 22.0. The maximum absolute atomic E-state index is 12.5. The lowest BCUT2D eigenvalue weighted by atomic mass is 9.86. The molecule has 0 spiro atoms. The van der Waals surface area contributed by atoms with Crippen LogP contribution >= 0.6 is 0 Å². The van der Waals surface area contributed by atoms with Crippen LogP contribution in [0, 0.1) is 12.8 Å². The number of carbonyl (C=O) groups is 4. The molecule has 0 radical (unpaired) electrons. The van der Waals surface area contributed by atoms with E-state index in [4.69, 9.17) is 4.74 Å². The lowest BCUT2D eigenvalue weighted by Gasteiger charge is -2.30. The molecule has 0 bridgehead atoms. The van der Waals surface area contributed by atoms with E-state index >= 15 is 0 Å². The van der Waals surface area contributed by atoms with Gasteiger partial charge in [0.1, 0.15) is 0 Å². The molecule has 1 aromatic carbocycles. The summed E-state index contributed by atoms with van der Waals surface area (Å²) in [5.41, 5.74) is 1.72. The van der Waals surface area contributed by atoms with Gasteiger partial charge in [0.2, 0.25) is 0 Å². The minimum absolute atomic E-state index is 0.0316. The van der Waals surface area contributed by atoms with E-state index in [1.54, 1.807) is 25.1 Å². The lowest BCUT2D eigenvalue weighted by molar-refractivity contribution is -0.155. The average molecular weight is 415 g/mol. The SMILES string of the molecule is Cc1ccc2c(c1)C(=O)N(CCCC(=O)OC(C)C(=O)NC1CCCCC1C)C2=O. The van der Waals surface area contributed by atoms with E-state index in [2.05, 4.69) is 12.2 Å². The van der Waals surface area contributed by atoms with Crippen molar-refractivity contribution in [2.75, 3.05) is 6.54 Å². The van der Waals surface area contributed by atoms with Crippen molar-refractivity contribution in [2.45, 2.75) is 71.4 Å². The topological polar surface area (TPSA) is 92.8 Å². The van der Waals surface area contributed by atoms with Crippen LogP contribution in [-0.4, -0.2) is 47.3 Å². The maximum atomic E-state index is 12.5. The van der Waals surface area contributed by atoms with Crippen molar-refractivity contribution in [3.05, 3.63) is 34.9 Å². The molecule has 1 aromatic rings. The van der Waals surface area contributed by atoms with Gasteiger partial charge in [-0.25, -0.2) is 0 Å². The quantitative estimate of drug-likeness (QED) is 0.547. The molecule has 162 valence electrons. The van der Waals surface area contributed by atoms with E-state index in [9.17, 15) is 19.2 Å². The predicted molar refractivity (Wildman–Crippen MR) is 111 cm³/mol. The van der Waals surface area contributed by atoms with Gasteiger partial charge < -0.3 is 10.1 Å². The minimum atomic E-state index is -0.867. The van der Waals surface area contributed by atoms with Gasteiger partial charge in [0.25, 0.3) is 17.7 Å². The summed E-state index contributed by atoms with van der Waals surface area (Å²) in [6.45, 7) is 5.69. The fourth-order valence-electron chi connectivity index (χ4n) is 4.13. The average Bonchev–Trinajstić information content (AvgIpc) is 2.93. The van der Waals surface area contributed by atoms with E-state index < -0.39 is 12.1 Å². The third-order valence-corrected chi connectivity index (χ3v) is 6.01. The number of benzene rings is 1. The van der Waals surface area contributed by atoms with Crippen molar-refractivity contribution in [2.24, 2.45) is 5.92 Å². The van der Waals surface area contributed by atoms with Crippen LogP contribution < -0.4 is 5.32 Å². The summed E-state index contributed by atoms with van der Waals surface area (Å²) in [5, 5.41) is 2.99. The molecule has 30 heavy (non-hydrogen) atoms. The fourth-order valence-corrected chi connectivity index (χ4v) is 4.13. The van der Waals surface area contributed by atoms with Crippen molar-refractivity contribution in [3.63, 3.8) is 0 Å². The Kier molecular flexibility index (Phi) is 6.90. The molecule has 2 aliphatic rings. The second kappa shape index (κ2) is 9.41. The summed E-state index contributed by atoms with van der Waals surface area (Å²) in [6, 6.07) is 5.29. The van der Waals surface area contributed by atoms with Crippen LogP contribution in [0.5, 0.6) is 0 Å². The first-order valence-corrected chi connectivity index (χ1v) is 10.7. The summed E-state index contributed by atoms with van der Waals surface area (Å²) in [6.07, 6.45) is 3.78. The number of amides is 3. The predicted octanol–water partition coefficient (Wildman–Crippen LogP) is 3.00. The molecule has 3 amide bonds. The number of rotatable bonds is 7. The van der Waals surface area contributed by atoms with E-state index in [-0.39, 0.29) is 43.1 Å². The van der Waals surface area contributed by atoms with Crippen LogP contribution in [0.1, 0.15) is 78.7 Å². The highest BCUT2D eigenvalue weighted by molar-refractivity contribution is 6.21. The van der Waals surface area contributed by atoms with Crippen molar-refractivity contribution in [1.82, 2.24) is 10.2 Å². The molecule has 0 saturated heterocycles. The zero-order valence-electron chi connectivity index (χ0n) is 17.9. The zero-order valence-corrected chi connectivity index (χ0v) is 17.9. The van der Waals surface area contributed by atoms with Crippen LogP contribution in [0.25, 0.3) is 0 Å². The van der Waals surface area contributed by atoms with Gasteiger partial charge in [0.05, 0.1) is 11.1 Å². The van der Waals surface area contributed by atoms with Gasteiger partial charge in [0, 0.05) is 19.0 Å². The molecule has 1 aliphatic carbocycles. The number of imide groups is 1. The van der Waals surface area contributed by atoms with Crippen LogP contribution in [0.4, 0.5) is 0 Å².